The van der Waals surface area contributed by atoms with E-state index < -0.39 is 11.8 Å². The van der Waals surface area contributed by atoms with Gasteiger partial charge in [-0.2, -0.15) is 0 Å². The first kappa shape index (κ1) is 14.6. The summed E-state index contributed by atoms with van der Waals surface area (Å²) in [6.07, 6.45) is 0. The molecular weight excluding hydrogens is 261 g/mol. The van der Waals surface area contributed by atoms with Crippen LogP contribution in [0.25, 0.3) is 0 Å². The van der Waals surface area contributed by atoms with E-state index in [9.17, 15) is 9.18 Å². The fraction of sp³-hybridized carbons (Fsp3) is 0.500. The zero-order valence-corrected chi connectivity index (χ0v) is 11.9. The van der Waals surface area contributed by atoms with E-state index >= 15 is 0 Å². The van der Waals surface area contributed by atoms with Gasteiger partial charge < -0.3 is 20.3 Å². The van der Waals surface area contributed by atoms with E-state index in [1.165, 1.54) is 12.1 Å². The molecule has 2 rings (SSSR count). The molecule has 6 heteroatoms. The zero-order valence-electron chi connectivity index (χ0n) is 11.9. The average molecular weight is 281 g/mol. The highest BCUT2D eigenvalue weighted by Crippen LogP contribution is 2.27. The van der Waals surface area contributed by atoms with Crippen molar-refractivity contribution in [1.82, 2.24) is 4.90 Å². The quantitative estimate of drug-likeness (QED) is 0.669. The summed E-state index contributed by atoms with van der Waals surface area (Å²) in [5, 5.41) is 0. The van der Waals surface area contributed by atoms with Gasteiger partial charge in [-0.25, -0.2) is 9.18 Å². The number of benzene rings is 1. The van der Waals surface area contributed by atoms with E-state index in [2.05, 4.69) is 4.90 Å². The first-order valence-corrected chi connectivity index (χ1v) is 6.72. The number of carbonyl (C=O) groups is 1. The number of nitrogen functional groups attached to an aromatic ring is 1. The fourth-order valence-electron chi connectivity index (χ4n) is 2.25. The summed E-state index contributed by atoms with van der Waals surface area (Å²) >= 11 is 0. The molecule has 1 aromatic rings. The van der Waals surface area contributed by atoms with Crippen LogP contribution in [0.15, 0.2) is 12.1 Å². The Morgan fingerprint density at radius 1 is 1.35 bits per heavy atom. The number of carbonyl (C=O) groups excluding carboxylic acids is 1. The lowest BCUT2D eigenvalue weighted by Crippen LogP contribution is -2.44. The van der Waals surface area contributed by atoms with Crippen LogP contribution in [0.4, 0.5) is 15.8 Å². The first-order valence-electron chi connectivity index (χ1n) is 6.72. The van der Waals surface area contributed by atoms with Crippen LogP contribution in [0, 0.1) is 5.82 Å². The van der Waals surface area contributed by atoms with Gasteiger partial charge in [0.05, 0.1) is 17.9 Å². The minimum absolute atomic E-state index is 0.110. The Morgan fingerprint density at radius 3 is 2.60 bits per heavy atom. The van der Waals surface area contributed by atoms with Gasteiger partial charge in [0, 0.05) is 31.9 Å². The van der Waals surface area contributed by atoms with Gasteiger partial charge in [0.25, 0.3) is 0 Å². The van der Waals surface area contributed by atoms with Crippen LogP contribution in [0.3, 0.4) is 0 Å². The number of ether oxygens (including phenoxy) is 1. The molecule has 0 amide bonds. The van der Waals surface area contributed by atoms with Crippen LogP contribution in [0.5, 0.6) is 0 Å². The highest BCUT2D eigenvalue weighted by molar-refractivity contribution is 5.96. The Labute approximate surface area is 118 Å². The molecule has 0 radical (unpaired) electrons. The summed E-state index contributed by atoms with van der Waals surface area (Å²) in [7, 11) is 2.03. The second-order valence-electron chi connectivity index (χ2n) is 4.90. The Hall–Kier alpha value is -1.82. The molecule has 1 heterocycles. The minimum Gasteiger partial charge on any atom is -0.462 e. The topological polar surface area (TPSA) is 58.8 Å². The van der Waals surface area contributed by atoms with Crippen LogP contribution >= 0.6 is 0 Å². The third-order valence-corrected chi connectivity index (χ3v) is 3.46. The molecule has 0 spiro atoms. The smallest absolute Gasteiger partial charge is 0.340 e. The van der Waals surface area contributed by atoms with Crippen molar-refractivity contribution in [3.05, 3.63) is 23.5 Å². The molecule has 0 aliphatic carbocycles. The van der Waals surface area contributed by atoms with Crippen molar-refractivity contribution < 1.29 is 13.9 Å². The first-order chi connectivity index (χ1) is 9.52. The minimum atomic E-state index is -0.514. The SMILES string of the molecule is CCOC(=O)c1cc(N2CCN(C)CC2)c(F)cc1N. The molecule has 20 heavy (non-hydrogen) atoms. The maximum atomic E-state index is 14.1. The summed E-state index contributed by atoms with van der Waals surface area (Å²) < 4.78 is 19.0. The van der Waals surface area contributed by atoms with Crippen molar-refractivity contribution >= 4 is 17.3 Å². The number of nitrogens with two attached hydrogens (primary N) is 1. The van der Waals surface area contributed by atoms with Crippen LogP contribution in [0.1, 0.15) is 17.3 Å². The van der Waals surface area contributed by atoms with Crippen molar-refractivity contribution in [1.29, 1.82) is 0 Å². The van der Waals surface area contributed by atoms with Crippen molar-refractivity contribution in [2.45, 2.75) is 6.92 Å². The van der Waals surface area contributed by atoms with Crippen LogP contribution in [-0.2, 0) is 4.74 Å². The predicted octanol–water partition coefficient (Wildman–Crippen LogP) is 1.34. The third-order valence-electron chi connectivity index (χ3n) is 3.46. The summed E-state index contributed by atoms with van der Waals surface area (Å²) in [5.74, 6) is -0.916. The van der Waals surface area contributed by atoms with Crippen LogP contribution in [0.2, 0.25) is 0 Å². The molecule has 2 N–H and O–H groups in total. The Bertz CT molecular complexity index is 499. The molecule has 1 fully saturated rings. The lowest BCUT2D eigenvalue weighted by Gasteiger charge is -2.34. The number of rotatable bonds is 3. The predicted molar refractivity (Wildman–Crippen MR) is 76.5 cm³/mol. The van der Waals surface area contributed by atoms with Crippen molar-refractivity contribution in [2.75, 3.05) is 50.5 Å². The molecule has 0 atom stereocenters. The Kier molecular flexibility index (Phi) is 4.44. The standard InChI is InChI=1S/C14H20FN3O2/c1-3-20-14(19)10-8-13(11(15)9-12(10)16)18-6-4-17(2)5-7-18/h8-9H,3-7,16H2,1-2H3. The van der Waals surface area contributed by atoms with E-state index in [1.807, 2.05) is 11.9 Å². The Balaban J connectivity index is 2.29. The van der Waals surface area contributed by atoms with Gasteiger partial charge in [-0.3, -0.25) is 0 Å². The normalized spacial score (nSPS) is 16.2. The van der Waals surface area contributed by atoms with Crippen LogP contribution in [-0.4, -0.2) is 50.7 Å². The van der Waals surface area contributed by atoms with E-state index in [4.69, 9.17) is 10.5 Å². The lowest BCUT2D eigenvalue weighted by molar-refractivity contribution is 0.0527. The maximum Gasteiger partial charge on any atom is 0.340 e. The number of hydrogen-bond acceptors (Lipinski definition) is 5. The van der Waals surface area contributed by atoms with Gasteiger partial charge in [-0.1, -0.05) is 0 Å². The van der Waals surface area contributed by atoms with Gasteiger partial charge in [-0.15, -0.1) is 0 Å². The van der Waals surface area contributed by atoms with E-state index in [1.54, 1.807) is 6.92 Å². The van der Waals surface area contributed by atoms with Crippen LogP contribution < -0.4 is 10.6 Å². The molecule has 0 bridgehead atoms. The van der Waals surface area contributed by atoms with Crippen molar-refractivity contribution in [2.24, 2.45) is 0 Å². The number of anilines is 2. The van der Waals surface area contributed by atoms with Gasteiger partial charge in [0.2, 0.25) is 0 Å². The molecular formula is C14H20FN3O2. The molecule has 0 unspecified atom stereocenters. The molecule has 1 aromatic carbocycles. The second kappa shape index (κ2) is 6.09. The molecule has 1 aliphatic heterocycles. The molecule has 110 valence electrons. The zero-order chi connectivity index (χ0) is 14.7. The van der Waals surface area contributed by atoms with E-state index in [0.717, 1.165) is 26.2 Å². The van der Waals surface area contributed by atoms with Gasteiger partial charge in [-0.05, 0) is 26.1 Å². The number of likely N-dealkylation sites (N-methyl/N-ethyl adjacent to an activating group) is 1. The number of piperazine rings is 1. The van der Waals surface area contributed by atoms with Gasteiger partial charge >= 0.3 is 5.97 Å². The molecule has 1 aliphatic rings. The monoisotopic (exact) mass is 281 g/mol. The summed E-state index contributed by atoms with van der Waals surface area (Å²) in [6.45, 7) is 5.15. The van der Waals surface area contributed by atoms with Gasteiger partial charge in [0.1, 0.15) is 5.82 Å². The molecule has 0 saturated carbocycles. The summed E-state index contributed by atoms with van der Waals surface area (Å²) in [5.41, 5.74) is 6.45. The molecule has 0 aromatic heterocycles. The van der Waals surface area contributed by atoms with Crippen molar-refractivity contribution in [3.63, 3.8) is 0 Å². The fourth-order valence-corrected chi connectivity index (χ4v) is 2.25. The molecule has 5 nitrogen and oxygen atoms in total. The van der Waals surface area contributed by atoms with Crippen molar-refractivity contribution in [3.8, 4) is 0 Å². The summed E-state index contributed by atoms with van der Waals surface area (Å²) in [4.78, 5) is 15.9. The number of halogens is 1. The van der Waals surface area contributed by atoms with E-state index in [0.29, 0.717) is 5.69 Å². The van der Waals surface area contributed by atoms with Gasteiger partial charge in [0.15, 0.2) is 0 Å². The number of esters is 1. The summed E-state index contributed by atoms with van der Waals surface area (Å²) in [6, 6.07) is 2.69. The largest absolute Gasteiger partial charge is 0.462 e. The Morgan fingerprint density at radius 2 is 2.00 bits per heavy atom. The number of nitrogens with zero attached hydrogens (tertiary/aromatic N) is 2. The average Bonchev–Trinajstić information content (AvgIpc) is 2.40. The highest BCUT2D eigenvalue weighted by Gasteiger charge is 2.21. The lowest BCUT2D eigenvalue weighted by atomic mass is 10.1. The third kappa shape index (κ3) is 3.01. The maximum absolute atomic E-state index is 14.1. The second-order valence-corrected chi connectivity index (χ2v) is 4.90. The van der Waals surface area contributed by atoms with E-state index in [-0.39, 0.29) is 17.9 Å². The molecule has 1 saturated heterocycles. The number of hydrogen-bond donors (Lipinski definition) is 1. The highest BCUT2D eigenvalue weighted by atomic mass is 19.1.